The Kier molecular flexibility index (Phi) is 5.15. The van der Waals surface area contributed by atoms with Crippen molar-refractivity contribution in [2.75, 3.05) is 20.3 Å². The molecule has 0 spiro atoms. The predicted octanol–water partition coefficient (Wildman–Crippen LogP) is 3.10. The molecule has 0 aliphatic rings. The van der Waals surface area contributed by atoms with Crippen LogP contribution in [-0.4, -0.2) is 26.6 Å². The normalized spacial score (nSPS) is 10.0. The van der Waals surface area contributed by atoms with Crippen LogP contribution >= 0.6 is 0 Å². The molecule has 5 heteroatoms. The fraction of sp³-hybridized carbons (Fsp3) is 0.188. The highest BCUT2D eigenvalue weighted by Gasteiger charge is 2.05. The summed E-state index contributed by atoms with van der Waals surface area (Å²) in [7, 11) is 1.53. The highest BCUT2D eigenvalue weighted by molar-refractivity contribution is 5.76. The Hall–Kier alpha value is -2.56. The fourth-order valence-electron chi connectivity index (χ4n) is 1.72. The monoisotopic (exact) mass is 290 g/mol. The molecule has 0 aliphatic carbocycles. The van der Waals surface area contributed by atoms with Gasteiger partial charge in [-0.2, -0.15) is 0 Å². The smallest absolute Gasteiger partial charge is 0.162 e. The first-order chi connectivity index (χ1) is 10.2. The van der Waals surface area contributed by atoms with Crippen LogP contribution in [-0.2, 0) is 0 Å². The second-order valence-electron chi connectivity index (χ2n) is 4.18. The summed E-state index contributed by atoms with van der Waals surface area (Å²) < 4.78 is 28.8. The summed E-state index contributed by atoms with van der Waals surface area (Å²) >= 11 is 0. The highest BCUT2D eigenvalue weighted by Crippen LogP contribution is 2.27. The molecular formula is C16H15FO4. The van der Waals surface area contributed by atoms with Crippen molar-refractivity contribution in [2.45, 2.75) is 0 Å². The molecule has 2 aromatic carbocycles. The number of carbonyl (C=O) groups excluding carboxylic acids is 1. The number of hydrogen-bond donors (Lipinski definition) is 0. The molecule has 0 bridgehead atoms. The van der Waals surface area contributed by atoms with Crippen LogP contribution in [0.3, 0.4) is 0 Å². The third-order valence-electron chi connectivity index (χ3n) is 2.75. The quantitative estimate of drug-likeness (QED) is 0.580. The maximum absolute atomic E-state index is 12.7. The van der Waals surface area contributed by atoms with Gasteiger partial charge in [-0.25, -0.2) is 4.39 Å². The molecule has 0 aromatic heterocycles. The number of rotatable bonds is 7. The molecule has 0 amide bonds. The zero-order valence-corrected chi connectivity index (χ0v) is 11.5. The maximum atomic E-state index is 12.7. The summed E-state index contributed by atoms with van der Waals surface area (Å²) in [6, 6.07) is 10.7. The van der Waals surface area contributed by atoms with Crippen molar-refractivity contribution in [1.82, 2.24) is 0 Å². The zero-order valence-electron chi connectivity index (χ0n) is 11.5. The van der Waals surface area contributed by atoms with E-state index in [0.717, 1.165) is 6.29 Å². The van der Waals surface area contributed by atoms with Crippen molar-refractivity contribution in [3.8, 4) is 17.2 Å². The maximum Gasteiger partial charge on any atom is 0.162 e. The summed E-state index contributed by atoms with van der Waals surface area (Å²) in [5.74, 6) is 1.27. The Bertz CT molecular complexity index is 596. The Labute approximate surface area is 122 Å². The molecule has 2 rings (SSSR count). The lowest BCUT2D eigenvalue weighted by molar-refractivity contribution is 0.112. The number of methoxy groups -OCH3 is 1. The van der Waals surface area contributed by atoms with Crippen LogP contribution in [0.15, 0.2) is 42.5 Å². The van der Waals surface area contributed by atoms with Gasteiger partial charge in [0.15, 0.2) is 11.5 Å². The van der Waals surface area contributed by atoms with Gasteiger partial charge in [0.2, 0.25) is 0 Å². The largest absolute Gasteiger partial charge is 0.493 e. The number of ether oxygens (including phenoxy) is 3. The number of carbonyl (C=O) groups is 1. The second kappa shape index (κ2) is 7.28. The molecule has 0 heterocycles. The molecule has 0 atom stereocenters. The van der Waals surface area contributed by atoms with Gasteiger partial charge >= 0.3 is 0 Å². The number of halogens is 1. The van der Waals surface area contributed by atoms with E-state index in [4.69, 9.17) is 14.2 Å². The van der Waals surface area contributed by atoms with Crippen LogP contribution in [0.1, 0.15) is 10.4 Å². The summed E-state index contributed by atoms with van der Waals surface area (Å²) in [4.78, 5) is 10.7. The first-order valence-corrected chi connectivity index (χ1v) is 6.37. The van der Waals surface area contributed by atoms with Gasteiger partial charge in [0.05, 0.1) is 7.11 Å². The van der Waals surface area contributed by atoms with E-state index in [1.165, 1.54) is 19.2 Å². The predicted molar refractivity (Wildman–Crippen MR) is 75.8 cm³/mol. The summed E-state index contributed by atoms with van der Waals surface area (Å²) in [5.41, 5.74) is 0.505. The lowest BCUT2D eigenvalue weighted by atomic mass is 10.2. The van der Waals surface area contributed by atoms with Crippen molar-refractivity contribution < 1.29 is 23.4 Å². The van der Waals surface area contributed by atoms with E-state index in [2.05, 4.69) is 0 Å². The molecule has 0 saturated carbocycles. The zero-order chi connectivity index (χ0) is 15.1. The van der Waals surface area contributed by atoms with Gasteiger partial charge in [0, 0.05) is 5.56 Å². The molecule has 0 saturated heterocycles. The van der Waals surface area contributed by atoms with Gasteiger partial charge in [0.1, 0.15) is 31.1 Å². The van der Waals surface area contributed by atoms with Crippen LogP contribution in [0.5, 0.6) is 17.2 Å². The molecule has 2 aromatic rings. The Balaban J connectivity index is 1.88. The van der Waals surface area contributed by atoms with E-state index in [0.29, 0.717) is 29.4 Å². The molecule has 0 N–H and O–H groups in total. The van der Waals surface area contributed by atoms with Gasteiger partial charge < -0.3 is 14.2 Å². The molecule has 0 fully saturated rings. The average Bonchev–Trinajstić information content (AvgIpc) is 2.53. The van der Waals surface area contributed by atoms with Crippen molar-refractivity contribution in [2.24, 2.45) is 0 Å². The van der Waals surface area contributed by atoms with E-state index >= 15 is 0 Å². The third-order valence-corrected chi connectivity index (χ3v) is 2.75. The summed E-state index contributed by atoms with van der Waals surface area (Å²) in [6.45, 7) is 0.566. The Morgan fingerprint density at radius 3 is 2.38 bits per heavy atom. The average molecular weight is 290 g/mol. The minimum atomic E-state index is -0.311. The van der Waals surface area contributed by atoms with Gasteiger partial charge in [-0.1, -0.05) is 0 Å². The van der Waals surface area contributed by atoms with E-state index in [-0.39, 0.29) is 12.4 Å². The van der Waals surface area contributed by atoms with E-state index in [9.17, 15) is 9.18 Å². The molecule has 21 heavy (non-hydrogen) atoms. The van der Waals surface area contributed by atoms with E-state index < -0.39 is 0 Å². The molecule has 4 nitrogen and oxygen atoms in total. The summed E-state index contributed by atoms with van der Waals surface area (Å²) in [6.07, 6.45) is 0.737. The SMILES string of the molecule is COc1ccc(C=O)cc1OCCOc1ccc(F)cc1. The number of aldehydes is 1. The number of benzene rings is 2. The fourth-order valence-corrected chi connectivity index (χ4v) is 1.72. The van der Waals surface area contributed by atoms with E-state index in [1.807, 2.05) is 0 Å². The van der Waals surface area contributed by atoms with Crippen LogP contribution in [0, 0.1) is 5.82 Å². The Morgan fingerprint density at radius 1 is 1.00 bits per heavy atom. The van der Waals surface area contributed by atoms with Gasteiger partial charge in [-0.05, 0) is 42.5 Å². The molecule has 0 unspecified atom stereocenters. The topological polar surface area (TPSA) is 44.8 Å². The van der Waals surface area contributed by atoms with Crippen molar-refractivity contribution in [3.63, 3.8) is 0 Å². The van der Waals surface area contributed by atoms with Crippen molar-refractivity contribution in [1.29, 1.82) is 0 Å². The molecule has 0 aliphatic heterocycles. The van der Waals surface area contributed by atoms with Crippen LogP contribution in [0.25, 0.3) is 0 Å². The first-order valence-electron chi connectivity index (χ1n) is 6.37. The van der Waals surface area contributed by atoms with Gasteiger partial charge in [0.25, 0.3) is 0 Å². The highest BCUT2D eigenvalue weighted by atomic mass is 19.1. The molecule has 0 radical (unpaired) electrons. The van der Waals surface area contributed by atoms with Crippen LogP contribution in [0.4, 0.5) is 4.39 Å². The molecule has 110 valence electrons. The van der Waals surface area contributed by atoms with Crippen LogP contribution < -0.4 is 14.2 Å². The third kappa shape index (κ3) is 4.21. The lowest BCUT2D eigenvalue weighted by Gasteiger charge is -2.11. The second-order valence-corrected chi connectivity index (χ2v) is 4.18. The lowest BCUT2D eigenvalue weighted by Crippen LogP contribution is -2.09. The summed E-state index contributed by atoms with van der Waals surface area (Å²) in [5, 5.41) is 0. The minimum absolute atomic E-state index is 0.274. The van der Waals surface area contributed by atoms with Crippen molar-refractivity contribution >= 4 is 6.29 Å². The van der Waals surface area contributed by atoms with Gasteiger partial charge in [-0.15, -0.1) is 0 Å². The standard InChI is InChI=1S/C16H15FO4/c1-19-15-7-2-12(11-18)10-16(15)21-9-8-20-14-5-3-13(17)4-6-14/h2-7,10-11H,8-9H2,1H3. The van der Waals surface area contributed by atoms with Crippen LogP contribution in [0.2, 0.25) is 0 Å². The van der Waals surface area contributed by atoms with Gasteiger partial charge in [-0.3, -0.25) is 4.79 Å². The van der Waals surface area contributed by atoms with E-state index in [1.54, 1.807) is 30.3 Å². The Morgan fingerprint density at radius 2 is 1.71 bits per heavy atom. The molecular weight excluding hydrogens is 275 g/mol. The minimum Gasteiger partial charge on any atom is -0.493 e. The first kappa shape index (κ1) is 14.8. The van der Waals surface area contributed by atoms with Crippen molar-refractivity contribution in [3.05, 3.63) is 53.8 Å². The number of hydrogen-bond acceptors (Lipinski definition) is 4.